The highest BCUT2D eigenvalue weighted by atomic mass is 35.5. The maximum Gasteiger partial charge on any atom is 0.248 e. The second-order valence-corrected chi connectivity index (χ2v) is 7.34. The summed E-state index contributed by atoms with van der Waals surface area (Å²) in [6.45, 7) is 2.06. The van der Waals surface area contributed by atoms with Crippen LogP contribution in [0.25, 0.3) is 6.08 Å². The number of nitrogens with zero attached hydrogens (tertiary/aromatic N) is 2. The molecule has 0 radical (unpaired) electrons. The van der Waals surface area contributed by atoms with Crippen molar-refractivity contribution in [1.82, 2.24) is 9.88 Å². The molecule has 1 aliphatic rings. The van der Waals surface area contributed by atoms with Gasteiger partial charge in [-0.25, -0.2) is 4.98 Å². The van der Waals surface area contributed by atoms with E-state index in [1.54, 1.807) is 42.6 Å². The van der Waals surface area contributed by atoms with Crippen molar-refractivity contribution < 1.29 is 9.53 Å². The predicted octanol–water partition coefficient (Wildman–Crippen LogP) is 4.51. The van der Waals surface area contributed by atoms with Crippen LogP contribution < -0.4 is 10.1 Å². The monoisotopic (exact) mass is 405 g/mol. The number of halogens is 2. The number of hydrogen-bond acceptors (Lipinski definition) is 4. The van der Waals surface area contributed by atoms with Crippen molar-refractivity contribution in [2.45, 2.75) is 18.9 Å². The number of anilines is 1. The minimum atomic E-state index is -0.271. The Bertz CT molecular complexity index is 816. The van der Waals surface area contributed by atoms with E-state index in [0.29, 0.717) is 21.6 Å². The number of rotatable bonds is 5. The van der Waals surface area contributed by atoms with Crippen molar-refractivity contribution >= 4 is 40.9 Å². The van der Waals surface area contributed by atoms with Gasteiger partial charge < -0.3 is 15.0 Å². The van der Waals surface area contributed by atoms with Crippen LogP contribution in [0.5, 0.6) is 5.88 Å². The zero-order chi connectivity index (χ0) is 19.2. The van der Waals surface area contributed by atoms with E-state index in [-0.39, 0.29) is 12.0 Å². The molecule has 27 heavy (non-hydrogen) atoms. The highest BCUT2D eigenvalue weighted by Gasteiger charge is 2.18. The highest BCUT2D eigenvalue weighted by Crippen LogP contribution is 2.22. The van der Waals surface area contributed by atoms with E-state index in [1.165, 1.54) is 6.08 Å². The maximum absolute atomic E-state index is 12.1. The van der Waals surface area contributed by atoms with Gasteiger partial charge in [0, 0.05) is 35.3 Å². The number of carbonyl (C=O) groups is 1. The van der Waals surface area contributed by atoms with E-state index in [4.69, 9.17) is 27.9 Å². The molecule has 2 heterocycles. The third-order valence-corrected chi connectivity index (χ3v) is 4.90. The van der Waals surface area contributed by atoms with Gasteiger partial charge in [-0.2, -0.15) is 0 Å². The van der Waals surface area contributed by atoms with Crippen molar-refractivity contribution in [3.05, 3.63) is 58.2 Å². The summed E-state index contributed by atoms with van der Waals surface area (Å²) in [7, 11) is 2.11. The number of carbonyl (C=O) groups excluding carboxylic acids is 1. The van der Waals surface area contributed by atoms with E-state index in [0.717, 1.165) is 31.5 Å². The van der Waals surface area contributed by atoms with E-state index in [2.05, 4.69) is 22.2 Å². The van der Waals surface area contributed by atoms with Crippen LogP contribution in [0.3, 0.4) is 0 Å². The number of aromatic nitrogens is 1. The summed E-state index contributed by atoms with van der Waals surface area (Å²) in [5.74, 6) is 0.304. The number of benzene rings is 1. The quantitative estimate of drug-likeness (QED) is 0.743. The topological polar surface area (TPSA) is 54.5 Å². The van der Waals surface area contributed by atoms with Crippen LogP contribution in [0, 0.1) is 0 Å². The predicted molar refractivity (Wildman–Crippen MR) is 110 cm³/mol. The number of ether oxygens (including phenoxy) is 1. The molecule has 2 aromatic rings. The second-order valence-electron chi connectivity index (χ2n) is 6.49. The second kappa shape index (κ2) is 9.22. The summed E-state index contributed by atoms with van der Waals surface area (Å²) in [4.78, 5) is 18.6. The molecule has 7 heteroatoms. The normalized spacial score (nSPS) is 15.8. The van der Waals surface area contributed by atoms with Crippen molar-refractivity contribution in [2.24, 2.45) is 0 Å². The van der Waals surface area contributed by atoms with Crippen LogP contribution in [-0.2, 0) is 4.79 Å². The molecular formula is C20H21Cl2N3O2. The molecule has 0 aliphatic carbocycles. The molecule has 1 fully saturated rings. The van der Waals surface area contributed by atoms with Gasteiger partial charge in [0.2, 0.25) is 11.8 Å². The van der Waals surface area contributed by atoms with Crippen molar-refractivity contribution in [3.63, 3.8) is 0 Å². The van der Waals surface area contributed by atoms with E-state index in [9.17, 15) is 4.79 Å². The van der Waals surface area contributed by atoms with Crippen LogP contribution in [-0.4, -0.2) is 42.0 Å². The average molecular weight is 406 g/mol. The molecule has 0 saturated carbocycles. The molecule has 0 atom stereocenters. The Labute approximate surface area is 168 Å². The largest absolute Gasteiger partial charge is 0.474 e. The van der Waals surface area contributed by atoms with Gasteiger partial charge in [0.05, 0.1) is 11.9 Å². The third kappa shape index (κ3) is 5.96. The first-order valence-corrected chi connectivity index (χ1v) is 9.50. The van der Waals surface area contributed by atoms with E-state index in [1.807, 2.05) is 0 Å². The van der Waals surface area contributed by atoms with Gasteiger partial charge in [-0.3, -0.25) is 4.79 Å². The first-order chi connectivity index (χ1) is 13.0. The maximum atomic E-state index is 12.1. The lowest BCUT2D eigenvalue weighted by Crippen LogP contribution is -2.35. The molecule has 0 spiro atoms. The van der Waals surface area contributed by atoms with E-state index < -0.39 is 0 Å². The highest BCUT2D eigenvalue weighted by molar-refractivity contribution is 6.35. The van der Waals surface area contributed by atoms with Crippen molar-refractivity contribution in [2.75, 3.05) is 25.5 Å². The lowest BCUT2D eigenvalue weighted by atomic mass is 10.1. The molecule has 142 valence electrons. The van der Waals surface area contributed by atoms with Crippen LogP contribution in [0.4, 0.5) is 5.69 Å². The lowest BCUT2D eigenvalue weighted by Gasteiger charge is -2.28. The Hall–Kier alpha value is -2.08. The number of hydrogen-bond donors (Lipinski definition) is 1. The summed E-state index contributed by atoms with van der Waals surface area (Å²) >= 11 is 11.9. The van der Waals surface area contributed by atoms with Crippen LogP contribution >= 0.6 is 23.2 Å². The fourth-order valence-corrected chi connectivity index (χ4v) is 3.26. The molecule has 5 nitrogen and oxygen atoms in total. The molecule has 1 N–H and O–H groups in total. The Morgan fingerprint density at radius 1 is 1.26 bits per heavy atom. The molecule has 1 amide bonds. The molecule has 1 aromatic heterocycles. The number of piperidine rings is 1. The minimum Gasteiger partial charge on any atom is -0.474 e. The average Bonchev–Trinajstić information content (AvgIpc) is 2.64. The molecule has 1 aromatic carbocycles. The smallest absolute Gasteiger partial charge is 0.248 e. The van der Waals surface area contributed by atoms with Gasteiger partial charge in [-0.1, -0.05) is 29.3 Å². The van der Waals surface area contributed by atoms with Gasteiger partial charge >= 0.3 is 0 Å². The standard InChI is InChI=1S/C20H21Cl2N3O2/c1-25-10-8-17(9-11-25)27-20-7-5-16(13-23-20)24-19(26)6-3-14-2-4-15(21)12-18(14)22/h2-7,12-13,17H,8-11H2,1H3,(H,24,26)/b6-3+. The molecule has 1 saturated heterocycles. The lowest BCUT2D eigenvalue weighted by molar-refractivity contribution is -0.111. The molecular weight excluding hydrogens is 385 g/mol. The van der Waals surface area contributed by atoms with E-state index >= 15 is 0 Å². The Morgan fingerprint density at radius 2 is 2.04 bits per heavy atom. The summed E-state index contributed by atoms with van der Waals surface area (Å²) in [6, 6.07) is 8.66. The van der Waals surface area contributed by atoms with Crippen LogP contribution in [0.2, 0.25) is 10.0 Å². The summed E-state index contributed by atoms with van der Waals surface area (Å²) in [5.41, 5.74) is 1.32. The van der Waals surface area contributed by atoms with Gasteiger partial charge in [-0.05, 0) is 49.7 Å². The zero-order valence-electron chi connectivity index (χ0n) is 15.0. The summed E-state index contributed by atoms with van der Waals surface area (Å²) in [5, 5.41) is 3.80. The Morgan fingerprint density at radius 3 is 2.70 bits per heavy atom. The minimum absolute atomic E-state index is 0.196. The number of likely N-dealkylation sites (tertiary alicyclic amines) is 1. The Kier molecular flexibility index (Phi) is 6.72. The Balaban J connectivity index is 1.53. The third-order valence-electron chi connectivity index (χ3n) is 4.33. The summed E-state index contributed by atoms with van der Waals surface area (Å²) in [6.07, 6.45) is 6.83. The number of amides is 1. The fourth-order valence-electron chi connectivity index (χ4n) is 2.78. The number of nitrogens with one attached hydrogen (secondary N) is 1. The van der Waals surface area contributed by atoms with Crippen molar-refractivity contribution in [1.29, 1.82) is 0 Å². The SMILES string of the molecule is CN1CCC(Oc2ccc(NC(=O)/C=C/c3ccc(Cl)cc3Cl)cn2)CC1. The molecule has 1 aliphatic heterocycles. The van der Waals surface area contributed by atoms with Crippen LogP contribution in [0.15, 0.2) is 42.6 Å². The molecule has 3 rings (SSSR count). The number of pyridine rings is 1. The molecule has 0 bridgehead atoms. The fraction of sp³-hybridized carbons (Fsp3) is 0.300. The van der Waals surface area contributed by atoms with Crippen LogP contribution in [0.1, 0.15) is 18.4 Å². The first-order valence-electron chi connectivity index (χ1n) is 8.75. The van der Waals surface area contributed by atoms with Gasteiger partial charge in [-0.15, -0.1) is 0 Å². The van der Waals surface area contributed by atoms with Gasteiger partial charge in [0.1, 0.15) is 6.10 Å². The first kappa shape index (κ1) is 19.7. The van der Waals surface area contributed by atoms with Crippen molar-refractivity contribution in [3.8, 4) is 5.88 Å². The summed E-state index contributed by atoms with van der Waals surface area (Å²) < 4.78 is 5.90. The van der Waals surface area contributed by atoms with Gasteiger partial charge in [0.25, 0.3) is 0 Å². The zero-order valence-corrected chi connectivity index (χ0v) is 16.5. The van der Waals surface area contributed by atoms with Gasteiger partial charge in [0.15, 0.2) is 0 Å². The molecule has 0 unspecified atom stereocenters.